The topological polar surface area (TPSA) is 120 Å². The number of ether oxygens (including phenoxy) is 2. The number of carbonyl (C=O) groups is 1. The lowest BCUT2D eigenvalue weighted by molar-refractivity contribution is -0.118. The molecule has 0 bridgehead atoms. The summed E-state index contributed by atoms with van der Waals surface area (Å²) in [7, 11) is -2.49. The molecule has 8 nitrogen and oxygen atoms in total. The van der Waals surface area contributed by atoms with Crippen LogP contribution in [-0.4, -0.2) is 40.1 Å². The van der Waals surface area contributed by atoms with Gasteiger partial charge >= 0.3 is 0 Å². The number of benzene rings is 1. The van der Waals surface area contributed by atoms with Gasteiger partial charge in [-0.15, -0.1) is 0 Å². The largest absolute Gasteiger partial charge is 0.495 e. The van der Waals surface area contributed by atoms with Crippen molar-refractivity contribution < 1.29 is 22.7 Å². The maximum atomic E-state index is 12.7. The van der Waals surface area contributed by atoms with E-state index in [-0.39, 0.29) is 35.5 Å². The van der Waals surface area contributed by atoms with Crippen molar-refractivity contribution in [3.63, 3.8) is 0 Å². The molecule has 0 fully saturated rings. The van der Waals surface area contributed by atoms with Crippen LogP contribution in [0.2, 0.25) is 0 Å². The van der Waals surface area contributed by atoms with Crippen LogP contribution in [0.15, 0.2) is 17.0 Å². The summed E-state index contributed by atoms with van der Waals surface area (Å²) in [6.45, 7) is 3.77. The van der Waals surface area contributed by atoms with Crippen molar-refractivity contribution in [2.24, 2.45) is 5.73 Å². The van der Waals surface area contributed by atoms with E-state index in [0.29, 0.717) is 18.5 Å². The molecule has 0 spiro atoms. The molecule has 134 valence electrons. The predicted octanol–water partition coefficient (Wildman–Crippen LogP) is 0.822. The molecule has 24 heavy (non-hydrogen) atoms. The molecule has 0 aliphatic carbocycles. The van der Waals surface area contributed by atoms with Crippen molar-refractivity contribution in [2.75, 3.05) is 25.6 Å². The Labute approximate surface area is 141 Å². The Morgan fingerprint density at radius 1 is 1.38 bits per heavy atom. The van der Waals surface area contributed by atoms with Crippen LogP contribution in [0.3, 0.4) is 0 Å². The van der Waals surface area contributed by atoms with Gasteiger partial charge in [0, 0.05) is 24.2 Å². The van der Waals surface area contributed by atoms with Crippen LogP contribution in [0.4, 0.5) is 5.69 Å². The highest BCUT2D eigenvalue weighted by Gasteiger charge is 2.28. The number of nitrogens with two attached hydrogens (primary N) is 1. The second-order valence-electron chi connectivity index (χ2n) is 5.73. The fraction of sp³-hybridized carbons (Fsp3) is 0.533. The highest BCUT2D eigenvalue weighted by Crippen LogP contribution is 2.37. The number of carbonyl (C=O) groups excluding carboxylic acids is 1. The van der Waals surface area contributed by atoms with Gasteiger partial charge in [-0.1, -0.05) is 13.8 Å². The van der Waals surface area contributed by atoms with E-state index < -0.39 is 15.6 Å². The van der Waals surface area contributed by atoms with Crippen molar-refractivity contribution in [2.45, 2.75) is 37.1 Å². The van der Waals surface area contributed by atoms with E-state index in [0.717, 1.165) is 0 Å². The van der Waals surface area contributed by atoms with Gasteiger partial charge < -0.3 is 20.5 Å². The summed E-state index contributed by atoms with van der Waals surface area (Å²) in [4.78, 5) is 11.3. The third kappa shape index (κ3) is 3.80. The molecule has 4 N–H and O–H groups in total. The van der Waals surface area contributed by atoms with E-state index in [9.17, 15) is 13.2 Å². The number of nitrogens with one attached hydrogen (secondary N) is 2. The first-order chi connectivity index (χ1) is 11.2. The van der Waals surface area contributed by atoms with Crippen LogP contribution in [0.5, 0.6) is 11.5 Å². The molecular weight excluding hydrogens is 334 g/mol. The molecule has 1 aliphatic rings. The quantitative estimate of drug-likeness (QED) is 0.665. The van der Waals surface area contributed by atoms with Gasteiger partial charge in [0.1, 0.15) is 16.4 Å². The molecule has 1 aromatic rings. The van der Waals surface area contributed by atoms with Gasteiger partial charge in [-0.25, -0.2) is 13.1 Å². The van der Waals surface area contributed by atoms with E-state index in [1.807, 2.05) is 13.8 Å². The van der Waals surface area contributed by atoms with Crippen molar-refractivity contribution in [1.29, 1.82) is 0 Å². The molecule has 0 aromatic heterocycles. The first kappa shape index (κ1) is 18.5. The number of rotatable bonds is 7. The van der Waals surface area contributed by atoms with Crippen molar-refractivity contribution in [1.82, 2.24) is 4.72 Å². The molecule has 1 heterocycles. The summed E-state index contributed by atoms with van der Waals surface area (Å²) in [5.74, 6) is 0.0838. The van der Waals surface area contributed by atoms with E-state index in [1.54, 1.807) is 0 Å². The standard InChI is InChI=1S/C15H23N3O5S/c1-4-15(16,5-2)9-17-24(20,21)13-7-11-10(6-12(13)22-3)18-14(19)8-23-11/h6-7,17H,4-5,8-9,16H2,1-3H3,(H,18,19). The Morgan fingerprint density at radius 3 is 2.62 bits per heavy atom. The lowest BCUT2D eigenvalue weighted by atomic mass is 9.95. The maximum Gasteiger partial charge on any atom is 0.262 e. The average Bonchev–Trinajstić information content (AvgIpc) is 2.58. The summed E-state index contributed by atoms with van der Waals surface area (Å²) in [6, 6.07) is 2.77. The lowest BCUT2D eigenvalue weighted by Crippen LogP contribution is -2.49. The molecule has 0 saturated heterocycles. The number of methoxy groups -OCH3 is 1. The van der Waals surface area contributed by atoms with Crippen LogP contribution in [0.1, 0.15) is 26.7 Å². The lowest BCUT2D eigenvalue weighted by Gasteiger charge is -2.27. The number of sulfonamides is 1. The average molecular weight is 357 g/mol. The second kappa shape index (κ2) is 6.96. The minimum absolute atomic E-state index is 0.0607. The van der Waals surface area contributed by atoms with Crippen LogP contribution in [-0.2, 0) is 14.8 Å². The van der Waals surface area contributed by atoms with Crippen molar-refractivity contribution >= 4 is 21.6 Å². The van der Waals surface area contributed by atoms with Crippen LogP contribution in [0, 0.1) is 0 Å². The van der Waals surface area contributed by atoms with Gasteiger partial charge in [-0.3, -0.25) is 4.79 Å². The molecule has 1 aromatic carbocycles. The molecule has 9 heteroatoms. The van der Waals surface area contributed by atoms with Crippen LogP contribution < -0.4 is 25.2 Å². The third-order valence-electron chi connectivity index (χ3n) is 4.21. The Bertz CT molecular complexity index is 729. The van der Waals surface area contributed by atoms with Gasteiger partial charge in [-0.05, 0) is 12.8 Å². The maximum absolute atomic E-state index is 12.7. The Balaban J connectivity index is 2.34. The van der Waals surface area contributed by atoms with Gasteiger partial charge in [0.15, 0.2) is 6.61 Å². The van der Waals surface area contributed by atoms with Gasteiger partial charge in [0.2, 0.25) is 10.0 Å². The fourth-order valence-electron chi connectivity index (χ4n) is 2.27. The van der Waals surface area contributed by atoms with E-state index >= 15 is 0 Å². The Morgan fingerprint density at radius 2 is 2.04 bits per heavy atom. The number of hydrogen-bond acceptors (Lipinski definition) is 6. The van der Waals surface area contributed by atoms with E-state index in [2.05, 4.69) is 10.0 Å². The smallest absolute Gasteiger partial charge is 0.262 e. The van der Waals surface area contributed by atoms with Crippen LogP contribution in [0.25, 0.3) is 0 Å². The monoisotopic (exact) mass is 357 g/mol. The van der Waals surface area contributed by atoms with E-state index in [1.165, 1.54) is 19.2 Å². The zero-order chi connectivity index (χ0) is 18.0. The Hall–Kier alpha value is -1.84. The summed E-state index contributed by atoms with van der Waals surface area (Å²) >= 11 is 0. The van der Waals surface area contributed by atoms with Crippen molar-refractivity contribution in [3.8, 4) is 11.5 Å². The molecular formula is C15H23N3O5S. The summed E-state index contributed by atoms with van der Waals surface area (Å²) in [6.07, 6.45) is 1.28. The molecule has 1 aliphatic heterocycles. The third-order valence-corrected chi connectivity index (χ3v) is 5.63. The van der Waals surface area contributed by atoms with Crippen molar-refractivity contribution in [3.05, 3.63) is 12.1 Å². The summed E-state index contributed by atoms with van der Waals surface area (Å²) < 4.78 is 38.3. The minimum atomic E-state index is -3.85. The molecule has 0 unspecified atom stereocenters. The zero-order valence-electron chi connectivity index (χ0n) is 14.0. The molecule has 0 radical (unpaired) electrons. The summed E-state index contributed by atoms with van der Waals surface area (Å²) in [5, 5.41) is 2.61. The first-order valence-electron chi connectivity index (χ1n) is 7.68. The van der Waals surface area contributed by atoms with Gasteiger partial charge in [0.25, 0.3) is 5.91 Å². The molecule has 1 amide bonds. The fourth-order valence-corrected chi connectivity index (χ4v) is 3.58. The second-order valence-corrected chi connectivity index (χ2v) is 7.47. The molecule has 0 atom stereocenters. The highest BCUT2D eigenvalue weighted by atomic mass is 32.2. The summed E-state index contributed by atoms with van der Waals surface area (Å²) in [5.41, 5.74) is 5.91. The number of anilines is 1. The minimum Gasteiger partial charge on any atom is -0.495 e. The van der Waals surface area contributed by atoms with Gasteiger partial charge in [-0.2, -0.15) is 0 Å². The zero-order valence-corrected chi connectivity index (χ0v) is 14.8. The molecule has 0 saturated carbocycles. The van der Waals surface area contributed by atoms with Gasteiger partial charge in [0.05, 0.1) is 12.8 Å². The number of hydrogen-bond donors (Lipinski definition) is 3. The first-order valence-corrected chi connectivity index (χ1v) is 9.16. The predicted molar refractivity (Wildman–Crippen MR) is 89.8 cm³/mol. The number of amides is 1. The normalized spacial score (nSPS) is 14.6. The van der Waals surface area contributed by atoms with E-state index in [4.69, 9.17) is 15.2 Å². The Kier molecular flexibility index (Phi) is 5.36. The molecule has 2 rings (SSSR count). The number of fused-ring (bicyclic) bond motifs is 1. The van der Waals surface area contributed by atoms with Crippen LogP contribution >= 0.6 is 0 Å². The SMILES string of the molecule is CCC(N)(CC)CNS(=O)(=O)c1cc2c(cc1OC)NC(=O)CO2. The highest BCUT2D eigenvalue weighted by molar-refractivity contribution is 7.89.